The molecule has 2 aromatic rings. The van der Waals surface area contributed by atoms with Crippen LogP contribution in [0.15, 0.2) is 48.5 Å². The molecule has 0 spiro atoms. The first-order valence-corrected chi connectivity index (χ1v) is 11.9. The van der Waals surface area contributed by atoms with Crippen molar-refractivity contribution in [3.05, 3.63) is 59.7 Å². The van der Waals surface area contributed by atoms with Crippen molar-refractivity contribution in [1.29, 1.82) is 0 Å². The molecule has 0 fully saturated rings. The number of halogens is 2. The zero-order valence-electron chi connectivity index (χ0n) is 16.3. The molecule has 2 nitrogen and oxygen atoms in total. The van der Waals surface area contributed by atoms with Crippen molar-refractivity contribution in [2.24, 2.45) is 0 Å². The summed E-state index contributed by atoms with van der Waals surface area (Å²) >= 11 is 6.89. The van der Waals surface area contributed by atoms with Crippen molar-refractivity contribution >= 4 is 31.9 Å². The molecular formula is C23H30Br2O2. The summed E-state index contributed by atoms with van der Waals surface area (Å²) in [5.41, 5.74) is 2.49. The summed E-state index contributed by atoms with van der Waals surface area (Å²) in [6.45, 7) is 6.05. The van der Waals surface area contributed by atoms with Gasteiger partial charge in [0.05, 0.1) is 13.2 Å². The molecule has 0 saturated carbocycles. The molecule has 2 aromatic carbocycles. The van der Waals surface area contributed by atoms with E-state index in [-0.39, 0.29) is 5.41 Å². The second kappa shape index (κ2) is 11.8. The summed E-state index contributed by atoms with van der Waals surface area (Å²) in [6.07, 6.45) is 4.43. The Balaban J connectivity index is 1.96. The van der Waals surface area contributed by atoms with Crippen molar-refractivity contribution < 1.29 is 9.47 Å². The van der Waals surface area contributed by atoms with Crippen LogP contribution in [0.4, 0.5) is 0 Å². The number of hydrogen-bond donors (Lipinski definition) is 0. The number of benzene rings is 2. The lowest BCUT2D eigenvalue weighted by Crippen LogP contribution is -2.18. The van der Waals surface area contributed by atoms with Crippen molar-refractivity contribution in [3.63, 3.8) is 0 Å². The van der Waals surface area contributed by atoms with Gasteiger partial charge in [0, 0.05) is 16.1 Å². The van der Waals surface area contributed by atoms with Crippen LogP contribution in [-0.4, -0.2) is 23.9 Å². The lowest BCUT2D eigenvalue weighted by Gasteiger charge is -2.26. The molecule has 0 unspecified atom stereocenters. The van der Waals surface area contributed by atoms with Crippen LogP contribution in [0.5, 0.6) is 11.5 Å². The van der Waals surface area contributed by atoms with Crippen LogP contribution in [-0.2, 0) is 5.41 Å². The SMILES string of the molecule is CC(C)(c1ccc(OCCCCBr)cc1)c1ccc(OCCCCBr)cc1. The van der Waals surface area contributed by atoms with Gasteiger partial charge in [0.2, 0.25) is 0 Å². The van der Waals surface area contributed by atoms with Gasteiger partial charge in [0.25, 0.3) is 0 Å². The highest BCUT2D eigenvalue weighted by Crippen LogP contribution is 2.33. The highest BCUT2D eigenvalue weighted by Gasteiger charge is 2.23. The maximum Gasteiger partial charge on any atom is 0.119 e. The van der Waals surface area contributed by atoms with Gasteiger partial charge in [-0.1, -0.05) is 70.0 Å². The Hall–Kier alpha value is -1.00. The second-order valence-electron chi connectivity index (χ2n) is 7.16. The van der Waals surface area contributed by atoms with Crippen LogP contribution in [0.3, 0.4) is 0 Å². The standard InChI is InChI=1S/C23H30Br2O2/c1-23(2,19-7-11-21(12-8-19)26-17-5-3-15-24)20-9-13-22(14-10-20)27-18-6-4-16-25/h7-14H,3-6,15-18H2,1-2H3. The van der Waals surface area contributed by atoms with Gasteiger partial charge in [-0.25, -0.2) is 0 Å². The minimum absolute atomic E-state index is 0.0665. The molecular weight excluding hydrogens is 468 g/mol. The Labute approximate surface area is 180 Å². The largest absolute Gasteiger partial charge is 0.494 e. The predicted molar refractivity (Wildman–Crippen MR) is 122 cm³/mol. The van der Waals surface area contributed by atoms with Gasteiger partial charge >= 0.3 is 0 Å². The third-order valence-corrected chi connectivity index (χ3v) is 5.87. The molecule has 0 saturated heterocycles. The molecule has 0 bridgehead atoms. The number of hydrogen-bond acceptors (Lipinski definition) is 2. The van der Waals surface area contributed by atoms with Crippen LogP contribution >= 0.6 is 31.9 Å². The van der Waals surface area contributed by atoms with Crippen molar-refractivity contribution in [1.82, 2.24) is 0 Å². The smallest absolute Gasteiger partial charge is 0.119 e. The quantitative estimate of drug-likeness (QED) is 0.229. The molecule has 4 heteroatoms. The number of alkyl halides is 2. The van der Waals surface area contributed by atoms with Crippen LogP contribution in [0.25, 0.3) is 0 Å². The number of ether oxygens (including phenoxy) is 2. The van der Waals surface area contributed by atoms with E-state index in [2.05, 4.69) is 94.2 Å². The molecule has 0 aromatic heterocycles. The predicted octanol–water partition coefficient (Wildman–Crippen LogP) is 7.12. The van der Waals surface area contributed by atoms with E-state index in [4.69, 9.17) is 9.47 Å². The maximum absolute atomic E-state index is 5.81. The second-order valence-corrected chi connectivity index (χ2v) is 8.75. The van der Waals surface area contributed by atoms with Gasteiger partial charge < -0.3 is 9.47 Å². The lowest BCUT2D eigenvalue weighted by atomic mass is 9.78. The molecule has 148 valence electrons. The lowest BCUT2D eigenvalue weighted by molar-refractivity contribution is 0.309. The molecule has 0 aliphatic rings. The van der Waals surface area contributed by atoms with Crippen LogP contribution in [0, 0.1) is 0 Å². The van der Waals surface area contributed by atoms with Crippen molar-refractivity contribution in [3.8, 4) is 11.5 Å². The highest BCUT2D eigenvalue weighted by molar-refractivity contribution is 9.09. The van der Waals surface area contributed by atoms with Crippen LogP contribution in [0.1, 0.15) is 50.7 Å². The van der Waals surface area contributed by atoms with Gasteiger partial charge in [-0.15, -0.1) is 0 Å². The molecule has 0 heterocycles. The van der Waals surface area contributed by atoms with E-state index < -0.39 is 0 Å². The molecule has 0 aliphatic heterocycles. The Morgan fingerprint density at radius 3 is 1.33 bits per heavy atom. The average molecular weight is 498 g/mol. The zero-order valence-corrected chi connectivity index (χ0v) is 19.5. The normalized spacial score (nSPS) is 11.4. The summed E-state index contributed by atoms with van der Waals surface area (Å²) in [7, 11) is 0. The van der Waals surface area contributed by atoms with Crippen LogP contribution < -0.4 is 9.47 Å². The third kappa shape index (κ3) is 7.15. The third-order valence-electron chi connectivity index (χ3n) is 4.75. The first-order valence-electron chi connectivity index (χ1n) is 9.66. The van der Waals surface area contributed by atoms with Gasteiger partial charge in [-0.3, -0.25) is 0 Å². The Morgan fingerprint density at radius 1 is 0.630 bits per heavy atom. The van der Waals surface area contributed by atoms with E-state index in [0.29, 0.717) is 0 Å². The number of unbranched alkanes of at least 4 members (excludes halogenated alkanes) is 2. The van der Waals surface area contributed by atoms with E-state index in [0.717, 1.165) is 61.1 Å². The molecule has 0 aliphatic carbocycles. The summed E-state index contributed by atoms with van der Waals surface area (Å²) in [6, 6.07) is 17.0. The summed E-state index contributed by atoms with van der Waals surface area (Å²) in [5, 5.41) is 2.06. The van der Waals surface area contributed by atoms with Gasteiger partial charge in [-0.05, 0) is 61.1 Å². The minimum atomic E-state index is -0.0665. The molecule has 27 heavy (non-hydrogen) atoms. The van der Waals surface area contributed by atoms with Crippen molar-refractivity contribution in [2.45, 2.75) is 44.9 Å². The molecule has 0 N–H and O–H groups in total. The fourth-order valence-corrected chi connectivity index (χ4v) is 3.67. The maximum atomic E-state index is 5.81. The molecule has 0 amide bonds. The first-order chi connectivity index (χ1) is 13.1. The van der Waals surface area contributed by atoms with Gasteiger partial charge in [0.1, 0.15) is 11.5 Å². The molecule has 2 rings (SSSR count). The Bertz CT molecular complexity index is 594. The van der Waals surface area contributed by atoms with E-state index in [1.165, 1.54) is 11.1 Å². The molecule has 0 atom stereocenters. The molecule has 0 radical (unpaired) electrons. The summed E-state index contributed by atoms with van der Waals surface area (Å²) in [4.78, 5) is 0. The topological polar surface area (TPSA) is 18.5 Å². The van der Waals surface area contributed by atoms with Gasteiger partial charge in [-0.2, -0.15) is 0 Å². The zero-order chi connectivity index (χ0) is 19.5. The highest BCUT2D eigenvalue weighted by atomic mass is 79.9. The van der Waals surface area contributed by atoms with Crippen molar-refractivity contribution in [2.75, 3.05) is 23.9 Å². The number of rotatable bonds is 12. The van der Waals surface area contributed by atoms with E-state index in [9.17, 15) is 0 Å². The Morgan fingerprint density at radius 2 is 1.00 bits per heavy atom. The summed E-state index contributed by atoms with van der Waals surface area (Å²) < 4.78 is 11.6. The fraction of sp³-hybridized carbons (Fsp3) is 0.478. The fourth-order valence-electron chi connectivity index (χ4n) is 2.88. The van der Waals surface area contributed by atoms with Crippen LogP contribution in [0.2, 0.25) is 0 Å². The van der Waals surface area contributed by atoms with E-state index in [1.807, 2.05) is 0 Å². The van der Waals surface area contributed by atoms with Gasteiger partial charge in [0.15, 0.2) is 0 Å². The average Bonchev–Trinajstić information content (AvgIpc) is 2.69. The Kier molecular flexibility index (Phi) is 9.70. The summed E-state index contributed by atoms with van der Waals surface area (Å²) in [5.74, 6) is 1.88. The van der Waals surface area contributed by atoms with E-state index in [1.54, 1.807) is 0 Å². The first kappa shape index (κ1) is 22.3. The monoisotopic (exact) mass is 496 g/mol. The van der Waals surface area contributed by atoms with E-state index >= 15 is 0 Å². The minimum Gasteiger partial charge on any atom is -0.494 e.